The Morgan fingerprint density at radius 2 is 1.56 bits per heavy atom. The summed E-state index contributed by atoms with van der Waals surface area (Å²) in [6.07, 6.45) is 1.68. The van der Waals surface area contributed by atoms with Crippen LogP contribution in [-0.2, 0) is 6.42 Å². The summed E-state index contributed by atoms with van der Waals surface area (Å²) in [6.45, 7) is 0. The number of hydrogen-bond acceptors (Lipinski definition) is 4. The molecule has 1 aromatic heterocycles. The minimum absolute atomic E-state index is 0.0174. The highest BCUT2D eigenvalue weighted by Crippen LogP contribution is 2.38. The maximum Gasteiger partial charge on any atom is 0.194 e. The van der Waals surface area contributed by atoms with Gasteiger partial charge in [0, 0.05) is 34.1 Å². The quantitative estimate of drug-likeness (QED) is 0.456. The van der Waals surface area contributed by atoms with Crippen LogP contribution < -0.4 is 0 Å². The van der Waals surface area contributed by atoms with Gasteiger partial charge >= 0.3 is 0 Å². The molecule has 0 fully saturated rings. The van der Waals surface area contributed by atoms with Crippen molar-refractivity contribution >= 4 is 22.5 Å². The summed E-state index contributed by atoms with van der Waals surface area (Å²) >= 11 is 0. The predicted molar refractivity (Wildman–Crippen MR) is 103 cm³/mol. The second kappa shape index (κ2) is 5.95. The molecule has 4 nitrogen and oxygen atoms in total. The summed E-state index contributed by atoms with van der Waals surface area (Å²) in [4.78, 5) is 34.8. The van der Waals surface area contributed by atoms with Crippen molar-refractivity contribution < 1.29 is 9.59 Å². The molecule has 0 saturated heterocycles. The zero-order chi connectivity index (χ0) is 18.4. The summed E-state index contributed by atoms with van der Waals surface area (Å²) in [5.41, 5.74) is 4.79. The van der Waals surface area contributed by atoms with Crippen molar-refractivity contribution in [2.75, 3.05) is 0 Å². The molecule has 5 rings (SSSR count). The fraction of sp³-hybridized carbons (Fsp3) is 0.0435. The van der Waals surface area contributed by atoms with Crippen LogP contribution in [0, 0.1) is 0 Å². The van der Waals surface area contributed by atoms with Gasteiger partial charge in [0.2, 0.25) is 0 Å². The van der Waals surface area contributed by atoms with E-state index < -0.39 is 0 Å². The Morgan fingerprint density at radius 1 is 0.815 bits per heavy atom. The molecule has 0 bridgehead atoms. The number of aromatic nitrogens is 2. The number of fused-ring (bicyclic) bond motifs is 2. The first kappa shape index (κ1) is 15.6. The van der Waals surface area contributed by atoms with Crippen LogP contribution in [0.5, 0.6) is 0 Å². The van der Waals surface area contributed by atoms with Crippen molar-refractivity contribution in [2.45, 2.75) is 6.42 Å². The van der Waals surface area contributed by atoms with Gasteiger partial charge in [-0.25, -0.2) is 9.97 Å². The Labute approximate surface area is 155 Å². The zero-order valence-electron chi connectivity index (χ0n) is 14.3. The van der Waals surface area contributed by atoms with E-state index in [4.69, 9.17) is 0 Å². The highest BCUT2D eigenvalue weighted by molar-refractivity contribution is 6.25. The van der Waals surface area contributed by atoms with Gasteiger partial charge in [0.15, 0.2) is 11.6 Å². The summed E-state index contributed by atoms with van der Waals surface area (Å²) < 4.78 is 0. The topological polar surface area (TPSA) is 59.9 Å². The first-order valence-electron chi connectivity index (χ1n) is 8.73. The van der Waals surface area contributed by atoms with Gasteiger partial charge in [-0.2, -0.15) is 0 Å². The van der Waals surface area contributed by atoms with Gasteiger partial charge in [0.1, 0.15) is 6.33 Å². The normalized spacial score (nSPS) is 12.1. The van der Waals surface area contributed by atoms with E-state index in [1.165, 1.54) is 6.33 Å². The summed E-state index contributed by atoms with van der Waals surface area (Å²) in [7, 11) is 0. The lowest BCUT2D eigenvalue weighted by molar-refractivity contribution is 0.0992. The van der Waals surface area contributed by atoms with Crippen molar-refractivity contribution in [3.8, 4) is 11.3 Å². The third-order valence-electron chi connectivity index (χ3n) is 4.99. The molecule has 1 heterocycles. The number of ketones is 2. The van der Waals surface area contributed by atoms with Crippen molar-refractivity contribution in [1.82, 2.24) is 9.97 Å². The van der Waals surface area contributed by atoms with Crippen molar-refractivity contribution in [1.29, 1.82) is 0 Å². The van der Waals surface area contributed by atoms with Gasteiger partial charge in [-0.3, -0.25) is 9.59 Å². The van der Waals surface area contributed by atoms with Crippen LogP contribution in [0.25, 0.3) is 22.2 Å². The Kier molecular flexibility index (Phi) is 3.44. The molecule has 3 aromatic carbocycles. The van der Waals surface area contributed by atoms with Crippen LogP contribution in [-0.4, -0.2) is 21.5 Å². The average molecular weight is 350 g/mol. The number of rotatable bonds is 3. The SMILES string of the molecule is O=C(Cc1ccc2ncnc3c2c1C(=O)c1ccccc1-3)c1ccccc1. The Morgan fingerprint density at radius 3 is 2.37 bits per heavy atom. The lowest BCUT2D eigenvalue weighted by Gasteiger charge is -2.20. The molecule has 0 unspecified atom stereocenters. The monoisotopic (exact) mass is 350 g/mol. The molecule has 0 N–H and O–H groups in total. The van der Waals surface area contributed by atoms with Crippen LogP contribution in [0.2, 0.25) is 0 Å². The van der Waals surface area contributed by atoms with Crippen LogP contribution in [0.1, 0.15) is 31.8 Å². The van der Waals surface area contributed by atoms with Gasteiger partial charge in [-0.1, -0.05) is 60.7 Å². The molecule has 128 valence electrons. The molecule has 1 aliphatic carbocycles. The number of hydrogen-bond donors (Lipinski definition) is 0. The number of carbonyl (C=O) groups is 2. The van der Waals surface area contributed by atoms with E-state index in [0.717, 1.165) is 16.6 Å². The van der Waals surface area contributed by atoms with E-state index in [2.05, 4.69) is 9.97 Å². The molecule has 0 aliphatic heterocycles. The predicted octanol–water partition coefficient (Wildman–Crippen LogP) is 4.27. The van der Waals surface area contributed by atoms with E-state index in [0.29, 0.717) is 27.8 Å². The van der Waals surface area contributed by atoms with Crippen molar-refractivity contribution in [3.63, 3.8) is 0 Å². The smallest absolute Gasteiger partial charge is 0.194 e. The van der Waals surface area contributed by atoms with Crippen LogP contribution in [0.4, 0.5) is 0 Å². The molecule has 0 spiro atoms. The first-order chi connectivity index (χ1) is 13.2. The second-order valence-electron chi connectivity index (χ2n) is 6.56. The van der Waals surface area contributed by atoms with E-state index in [1.807, 2.05) is 54.6 Å². The maximum atomic E-state index is 13.3. The minimum Gasteiger partial charge on any atom is -0.294 e. The van der Waals surface area contributed by atoms with E-state index in [1.54, 1.807) is 12.1 Å². The molecule has 0 radical (unpaired) electrons. The molecule has 1 aliphatic rings. The lowest BCUT2D eigenvalue weighted by Crippen LogP contribution is -2.16. The van der Waals surface area contributed by atoms with Crippen LogP contribution in [0.3, 0.4) is 0 Å². The van der Waals surface area contributed by atoms with Gasteiger partial charge in [-0.15, -0.1) is 0 Å². The number of carbonyl (C=O) groups excluding carboxylic acids is 2. The Bertz CT molecular complexity index is 1230. The minimum atomic E-state index is -0.0747. The lowest BCUT2D eigenvalue weighted by atomic mass is 9.83. The van der Waals surface area contributed by atoms with Gasteiger partial charge in [-0.05, 0) is 11.6 Å². The molecule has 27 heavy (non-hydrogen) atoms. The zero-order valence-corrected chi connectivity index (χ0v) is 14.3. The summed E-state index contributed by atoms with van der Waals surface area (Å²) in [5.74, 6) is -0.0920. The van der Waals surface area contributed by atoms with E-state index >= 15 is 0 Å². The first-order valence-corrected chi connectivity index (χ1v) is 8.73. The van der Waals surface area contributed by atoms with Gasteiger partial charge < -0.3 is 0 Å². The third kappa shape index (κ3) is 2.38. The van der Waals surface area contributed by atoms with Crippen LogP contribution >= 0.6 is 0 Å². The van der Waals surface area contributed by atoms with Crippen molar-refractivity contribution in [2.24, 2.45) is 0 Å². The number of benzene rings is 3. The largest absolute Gasteiger partial charge is 0.294 e. The molecule has 0 saturated carbocycles. The highest BCUT2D eigenvalue weighted by Gasteiger charge is 2.29. The number of Topliss-reactive ketones (excluding diaryl/α,β-unsaturated/α-hetero) is 1. The molecule has 4 aromatic rings. The van der Waals surface area contributed by atoms with Crippen molar-refractivity contribution in [3.05, 3.63) is 95.3 Å². The van der Waals surface area contributed by atoms with Gasteiger partial charge in [0.25, 0.3) is 0 Å². The maximum absolute atomic E-state index is 13.3. The molecular weight excluding hydrogens is 336 g/mol. The molecule has 0 atom stereocenters. The van der Waals surface area contributed by atoms with Gasteiger partial charge in [0.05, 0.1) is 11.2 Å². The average Bonchev–Trinajstić information content (AvgIpc) is 2.73. The third-order valence-corrected chi connectivity index (χ3v) is 4.99. The number of nitrogens with zero attached hydrogens (tertiary/aromatic N) is 2. The summed E-state index contributed by atoms with van der Waals surface area (Å²) in [6, 6.07) is 20.3. The van der Waals surface area contributed by atoms with E-state index in [9.17, 15) is 9.59 Å². The second-order valence-corrected chi connectivity index (χ2v) is 6.56. The van der Waals surface area contributed by atoms with Crippen LogP contribution in [0.15, 0.2) is 73.1 Å². The Hall–Kier alpha value is -3.66. The fourth-order valence-corrected chi connectivity index (χ4v) is 3.73. The molecule has 0 amide bonds. The van der Waals surface area contributed by atoms with E-state index in [-0.39, 0.29) is 18.0 Å². The highest BCUT2D eigenvalue weighted by atomic mass is 16.1. The molecule has 4 heteroatoms. The fourth-order valence-electron chi connectivity index (χ4n) is 3.73. The standard InChI is InChI=1S/C23H14N2O2/c26-19(14-6-2-1-3-7-14)12-15-10-11-18-21-20(15)23(27)17-9-5-4-8-16(17)22(21)25-13-24-18/h1-11,13H,12H2. The molecular formula is C23H14N2O2. The summed E-state index contributed by atoms with van der Waals surface area (Å²) in [5, 5.41) is 0.736. The Balaban J connectivity index is 1.73.